The SMILES string of the molecule is C[C@@H]1O[C@](O)(C(=O)O[C@H]2[C@H](O)[C@H](O)[C@H](O)O[C@@H]2C(=O)O)[C@@H](O)[C@@H](O)[C@@H]1O. The molecule has 2 rings (SSSR count). The molecule has 0 bridgehead atoms. The van der Waals surface area contributed by atoms with E-state index in [-0.39, 0.29) is 0 Å². The van der Waals surface area contributed by atoms with Gasteiger partial charge in [-0.1, -0.05) is 0 Å². The number of aliphatic hydroxyl groups excluding tert-OH is 6. The molecule has 0 aromatic heterocycles. The average Bonchev–Trinajstić information content (AvgIpc) is 2.58. The second-order valence-electron chi connectivity index (χ2n) is 6.08. The summed E-state index contributed by atoms with van der Waals surface area (Å²) in [6.45, 7) is 1.16. The molecule has 26 heavy (non-hydrogen) atoms. The zero-order chi connectivity index (χ0) is 20.0. The van der Waals surface area contributed by atoms with E-state index < -0.39 is 72.8 Å². The Kier molecular flexibility index (Phi) is 5.86. The van der Waals surface area contributed by atoms with Crippen molar-refractivity contribution in [2.24, 2.45) is 0 Å². The minimum Gasteiger partial charge on any atom is -0.479 e. The lowest BCUT2D eigenvalue weighted by molar-refractivity contribution is -0.341. The predicted octanol–water partition coefficient (Wildman–Crippen LogP) is -5.39. The molecule has 0 aliphatic carbocycles. The lowest BCUT2D eigenvalue weighted by Crippen LogP contribution is -2.69. The van der Waals surface area contributed by atoms with Gasteiger partial charge in [-0.2, -0.15) is 0 Å². The Labute approximate surface area is 145 Å². The highest BCUT2D eigenvalue weighted by Gasteiger charge is 2.59. The van der Waals surface area contributed by atoms with E-state index in [4.69, 9.17) is 9.84 Å². The molecule has 0 radical (unpaired) electrons. The van der Waals surface area contributed by atoms with Gasteiger partial charge in [-0.25, -0.2) is 9.59 Å². The van der Waals surface area contributed by atoms with E-state index in [1.165, 1.54) is 0 Å². The van der Waals surface area contributed by atoms with Gasteiger partial charge in [-0.05, 0) is 6.92 Å². The third kappa shape index (κ3) is 3.40. The van der Waals surface area contributed by atoms with Crippen LogP contribution in [0.5, 0.6) is 0 Å². The minimum atomic E-state index is -3.21. The molecule has 2 aliphatic heterocycles. The summed E-state index contributed by atoms with van der Waals surface area (Å²) in [7, 11) is 0. The Morgan fingerprint density at radius 2 is 1.54 bits per heavy atom. The monoisotopic (exact) mass is 384 g/mol. The van der Waals surface area contributed by atoms with E-state index in [9.17, 15) is 45.3 Å². The molecule has 13 heteroatoms. The highest BCUT2D eigenvalue weighted by Crippen LogP contribution is 2.31. The van der Waals surface area contributed by atoms with Crippen LogP contribution >= 0.6 is 0 Å². The molecule has 10 atom stereocenters. The fourth-order valence-corrected chi connectivity index (χ4v) is 2.68. The maximum atomic E-state index is 12.2. The van der Waals surface area contributed by atoms with Crippen LogP contribution in [0, 0.1) is 0 Å². The molecule has 0 aromatic rings. The highest BCUT2D eigenvalue weighted by molar-refractivity contribution is 5.80. The van der Waals surface area contributed by atoms with Crippen molar-refractivity contribution in [2.75, 3.05) is 0 Å². The second-order valence-corrected chi connectivity index (χ2v) is 6.08. The number of aliphatic hydroxyl groups is 7. The van der Waals surface area contributed by atoms with Gasteiger partial charge in [0.15, 0.2) is 18.5 Å². The summed E-state index contributed by atoms with van der Waals surface area (Å²) in [6, 6.07) is 0. The molecule has 13 nitrogen and oxygen atoms in total. The molecule has 0 amide bonds. The van der Waals surface area contributed by atoms with Crippen LogP contribution in [0.3, 0.4) is 0 Å². The molecular weight excluding hydrogens is 364 g/mol. The Morgan fingerprint density at radius 1 is 0.962 bits per heavy atom. The summed E-state index contributed by atoms with van der Waals surface area (Å²) < 4.78 is 14.0. The van der Waals surface area contributed by atoms with Crippen molar-refractivity contribution >= 4 is 11.9 Å². The Bertz CT molecular complexity index is 554. The Balaban J connectivity index is 2.24. The molecule has 8 N–H and O–H groups in total. The van der Waals surface area contributed by atoms with Crippen LogP contribution in [-0.4, -0.2) is 114 Å². The number of rotatable bonds is 3. The van der Waals surface area contributed by atoms with Crippen molar-refractivity contribution in [1.29, 1.82) is 0 Å². The van der Waals surface area contributed by atoms with E-state index >= 15 is 0 Å². The van der Waals surface area contributed by atoms with E-state index in [2.05, 4.69) is 9.47 Å². The van der Waals surface area contributed by atoms with Crippen LogP contribution < -0.4 is 0 Å². The van der Waals surface area contributed by atoms with Gasteiger partial charge in [-0.15, -0.1) is 0 Å². The first-order valence-electron chi connectivity index (χ1n) is 7.49. The molecule has 0 saturated carbocycles. The summed E-state index contributed by atoms with van der Waals surface area (Å²) in [5.41, 5.74) is 0. The largest absolute Gasteiger partial charge is 0.479 e. The number of carbonyl (C=O) groups excluding carboxylic acids is 1. The number of hydrogen-bond acceptors (Lipinski definition) is 12. The predicted molar refractivity (Wildman–Crippen MR) is 73.9 cm³/mol. The molecule has 2 heterocycles. The fourth-order valence-electron chi connectivity index (χ4n) is 2.68. The van der Waals surface area contributed by atoms with E-state index in [1.807, 2.05) is 0 Å². The lowest BCUT2D eigenvalue weighted by Gasteiger charge is -2.44. The zero-order valence-electron chi connectivity index (χ0n) is 13.3. The van der Waals surface area contributed by atoms with Crippen LogP contribution in [0.4, 0.5) is 0 Å². The average molecular weight is 384 g/mol. The smallest absolute Gasteiger partial charge is 0.370 e. The number of esters is 1. The van der Waals surface area contributed by atoms with Crippen molar-refractivity contribution in [3.8, 4) is 0 Å². The van der Waals surface area contributed by atoms with Crippen molar-refractivity contribution in [3.05, 3.63) is 0 Å². The van der Waals surface area contributed by atoms with Gasteiger partial charge in [0.1, 0.15) is 30.5 Å². The number of aliphatic carboxylic acids is 1. The van der Waals surface area contributed by atoms with Gasteiger partial charge in [0.2, 0.25) is 0 Å². The van der Waals surface area contributed by atoms with Crippen molar-refractivity contribution in [3.63, 3.8) is 0 Å². The molecular formula is C13H20O13. The standard InChI is InChI=1S/C13H20O13/c1-2-3(14)5(16)9(18)13(23,26-2)12(22)25-7-4(15)6(17)11(21)24-8(7)10(19)20/h2-9,11,14-18,21,23H,1H3,(H,19,20)/t2-,3+,4+,5-,6-,7-,8-,9-,11+,13-/m0/s1. The third-order valence-electron chi connectivity index (χ3n) is 4.26. The summed E-state index contributed by atoms with van der Waals surface area (Å²) in [4.78, 5) is 23.4. The quantitative estimate of drug-likeness (QED) is 0.213. The molecule has 0 aromatic carbocycles. The van der Waals surface area contributed by atoms with Gasteiger partial charge >= 0.3 is 11.9 Å². The van der Waals surface area contributed by atoms with Gasteiger partial charge in [-0.3, -0.25) is 0 Å². The number of ether oxygens (including phenoxy) is 3. The van der Waals surface area contributed by atoms with E-state index in [0.717, 1.165) is 6.92 Å². The maximum Gasteiger partial charge on any atom is 0.370 e. The summed E-state index contributed by atoms with van der Waals surface area (Å²) in [6.07, 6.45) is -17.8. The molecule has 150 valence electrons. The van der Waals surface area contributed by atoms with Gasteiger partial charge in [0.25, 0.3) is 5.79 Å². The lowest BCUT2D eigenvalue weighted by atomic mass is 9.92. The van der Waals surface area contributed by atoms with Crippen LogP contribution in [0.1, 0.15) is 6.92 Å². The first kappa shape index (κ1) is 20.9. The van der Waals surface area contributed by atoms with Crippen LogP contribution in [0.15, 0.2) is 0 Å². The summed E-state index contributed by atoms with van der Waals surface area (Å²) >= 11 is 0. The molecule has 0 spiro atoms. The first-order valence-corrected chi connectivity index (χ1v) is 7.49. The normalized spacial score (nSPS) is 49.5. The zero-order valence-corrected chi connectivity index (χ0v) is 13.3. The van der Waals surface area contributed by atoms with Gasteiger partial charge in [0.05, 0.1) is 6.10 Å². The van der Waals surface area contributed by atoms with Crippen molar-refractivity contribution in [2.45, 2.75) is 67.8 Å². The fraction of sp³-hybridized carbons (Fsp3) is 0.846. The highest BCUT2D eigenvalue weighted by atomic mass is 16.7. The number of carbonyl (C=O) groups is 2. The summed E-state index contributed by atoms with van der Waals surface area (Å²) in [5.74, 6) is -6.79. The number of carboxylic acids is 1. The maximum absolute atomic E-state index is 12.2. The number of hydrogen-bond donors (Lipinski definition) is 8. The Morgan fingerprint density at radius 3 is 2.08 bits per heavy atom. The summed E-state index contributed by atoms with van der Waals surface area (Å²) in [5, 5.41) is 77.1. The topological polar surface area (TPSA) is 224 Å². The first-order chi connectivity index (χ1) is 11.9. The molecule has 2 saturated heterocycles. The van der Waals surface area contributed by atoms with E-state index in [1.54, 1.807) is 0 Å². The third-order valence-corrected chi connectivity index (χ3v) is 4.26. The van der Waals surface area contributed by atoms with Crippen LogP contribution in [0.25, 0.3) is 0 Å². The van der Waals surface area contributed by atoms with E-state index in [0.29, 0.717) is 0 Å². The second kappa shape index (κ2) is 7.30. The van der Waals surface area contributed by atoms with Crippen molar-refractivity contribution in [1.82, 2.24) is 0 Å². The molecule has 0 unspecified atom stereocenters. The van der Waals surface area contributed by atoms with Gasteiger partial charge in [0, 0.05) is 0 Å². The molecule has 2 aliphatic rings. The van der Waals surface area contributed by atoms with Crippen LogP contribution in [0.2, 0.25) is 0 Å². The minimum absolute atomic E-state index is 1.16. The van der Waals surface area contributed by atoms with Gasteiger partial charge < -0.3 is 55.1 Å². The van der Waals surface area contributed by atoms with Crippen LogP contribution in [-0.2, 0) is 23.8 Å². The Hall–Kier alpha value is -1.42. The molecule has 2 fully saturated rings. The van der Waals surface area contributed by atoms with Crippen molar-refractivity contribution < 1.29 is 64.7 Å². The number of carboxylic acid groups (broad SMARTS) is 1.